The van der Waals surface area contributed by atoms with Crippen molar-refractivity contribution in [2.45, 2.75) is 26.2 Å². The van der Waals surface area contributed by atoms with E-state index in [0.29, 0.717) is 23.1 Å². The number of carbonyl (C=O) groups excluding carboxylic acids is 1. The number of nitrogens with one attached hydrogen (secondary N) is 2. The second kappa shape index (κ2) is 6.56. The SMILES string of the molecule is CNC(=O)c1ccc(NCC2CCCC2C)c([N+](=O)[O-])c1. The monoisotopic (exact) mass is 291 g/mol. The van der Waals surface area contributed by atoms with Gasteiger partial charge in [-0.25, -0.2) is 0 Å². The third-order valence-electron chi connectivity index (χ3n) is 4.28. The maximum Gasteiger partial charge on any atom is 0.293 e. The Hall–Kier alpha value is -2.11. The van der Waals surface area contributed by atoms with Crippen LogP contribution in [0.4, 0.5) is 11.4 Å². The lowest BCUT2D eigenvalue weighted by Gasteiger charge is -2.17. The molecule has 6 nitrogen and oxygen atoms in total. The molecule has 1 aliphatic rings. The molecule has 0 spiro atoms. The molecule has 0 saturated heterocycles. The largest absolute Gasteiger partial charge is 0.379 e. The van der Waals surface area contributed by atoms with Crippen LogP contribution in [-0.4, -0.2) is 24.4 Å². The number of nitro benzene ring substituents is 1. The van der Waals surface area contributed by atoms with Crippen LogP contribution in [0.3, 0.4) is 0 Å². The second-order valence-electron chi connectivity index (χ2n) is 5.62. The Labute approximate surface area is 124 Å². The van der Waals surface area contributed by atoms with Gasteiger partial charge in [-0.05, 0) is 30.4 Å². The molecule has 1 aliphatic carbocycles. The number of rotatable bonds is 5. The number of hydrogen-bond acceptors (Lipinski definition) is 4. The Kier molecular flexibility index (Phi) is 4.77. The second-order valence-corrected chi connectivity index (χ2v) is 5.62. The van der Waals surface area contributed by atoms with Crippen LogP contribution in [0.1, 0.15) is 36.5 Å². The van der Waals surface area contributed by atoms with E-state index in [2.05, 4.69) is 17.6 Å². The van der Waals surface area contributed by atoms with Crippen LogP contribution in [0.25, 0.3) is 0 Å². The average molecular weight is 291 g/mol. The molecule has 0 aliphatic heterocycles. The van der Waals surface area contributed by atoms with E-state index in [4.69, 9.17) is 0 Å². The Morgan fingerprint density at radius 2 is 2.19 bits per heavy atom. The molecule has 1 saturated carbocycles. The van der Waals surface area contributed by atoms with Crippen LogP contribution in [0.5, 0.6) is 0 Å². The average Bonchev–Trinajstić information content (AvgIpc) is 2.89. The van der Waals surface area contributed by atoms with Crippen molar-refractivity contribution in [2.24, 2.45) is 11.8 Å². The van der Waals surface area contributed by atoms with Gasteiger partial charge in [-0.2, -0.15) is 0 Å². The van der Waals surface area contributed by atoms with Gasteiger partial charge in [0, 0.05) is 25.2 Å². The highest BCUT2D eigenvalue weighted by atomic mass is 16.6. The number of amides is 1. The van der Waals surface area contributed by atoms with Crippen molar-refractivity contribution in [1.29, 1.82) is 0 Å². The minimum Gasteiger partial charge on any atom is -0.379 e. The zero-order valence-corrected chi connectivity index (χ0v) is 12.4. The minimum atomic E-state index is -0.452. The fourth-order valence-electron chi connectivity index (χ4n) is 2.88. The van der Waals surface area contributed by atoms with Crippen LogP contribution >= 0.6 is 0 Å². The number of anilines is 1. The van der Waals surface area contributed by atoms with Crippen LogP contribution in [0.15, 0.2) is 18.2 Å². The van der Waals surface area contributed by atoms with Crippen molar-refractivity contribution in [2.75, 3.05) is 18.9 Å². The third-order valence-corrected chi connectivity index (χ3v) is 4.28. The van der Waals surface area contributed by atoms with Gasteiger partial charge in [-0.3, -0.25) is 14.9 Å². The normalized spacial score (nSPS) is 21.0. The quantitative estimate of drug-likeness (QED) is 0.645. The smallest absolute Gasteiger partial charge is 0.293 e. The summed E-state index contributed by atoms with van der Waals surface area (Å²) in [6.07, 6.45) is 3.62. The number of nitrogens with zero attached hydrogens (tertiary/aromatic N) is 1. The summed E-state index contributed by atoms with van der Waals surface area (Å²) in [6.45, 7) is 2.96. The highest BCUT2D eigenvalue weighted by Crippen LogP contribution is 2.32. The molecule has 0 bridgehead atoms. The van der Waals surface area contributed by atoms with Gasteiger partial charge < -0.3 is 10.6 Å². The zero-order valence-electron chi connectivity index (χ0n) is 12.4. The molecule has 0 radical (unpaired) electrons. The van der Waals surface area contributed by atoms with Gasteiger partial charge in [0.2, 0.25) is 0 Å². The molecule has 2 N–H and O–H groups in total. The van der Waals surface area contributed by atoms with Crippen molar-refractivity contribution < 1.29 is 9.72 Å². The summed E-state index contributed by atoms with van der Waals surface area (Å²) in [5.74, 6) is 0.888. The summed E-state index contributed by atoms with van der Waals surface area (Å²) in [7, 11) is 1.50. The van der Waals surface area contributed by atoms with E-state index in [-0.39, 0.29) is 11.6 Å². The molecule has 1 aromatic rings. The molecule has 2 atom stereocenters. The van der Waals surface area contributed by atoms with Gasteiger partial charge in [-0.15, -0.1) is 0 Å². The Morgan fingerprint density at radius 1 is 1.43 bits per heavy atom. The van der Waals surface area contributed by atoms with Gasteiger partial charge >= 0.3 is 0 Å². The predicted octanol–water partition coefficient (Wildman–Crippen LogP) is 2.80. The molecule has 1 aromatic carbocycles. The lowest BCUT2D eigenvalue weighted by Crippen LogP contribution is -2.19. The first-order valence-corrected chi connectivity index (χ1v) is 7.27. The number of nitro groups is 1. The molecule has 1 fully saturated rings. The Bertz CT molecular complexity index is 545. The van der Waals surface area contributed by atoms with Crippen LogP contribution in [0, 0.1) is 22.0 Å². The lowest BCUT2D eigenvalue weighted by atomic mass is 9.98. The maximum atomic E-state index is 11.6. The molecule has 114 valence electrons. The fraction of sp³-hybridized carbons (Fsp3) is 0.533. The first-order valence-electron chi connectivity index (χ1n) is 7.27. The Balaban J connectivity index is 2.14. The van der Waals surface area contributed by atoms with Crippen molar-refractivity contribution in [3.05, 3.63) is 33.9 Å². The number of benzene rings is 1. The van der Waals surface area contributed by atoms with Gasteiger partial charge in [0.15, 0.2) is 0 Å². The van der Waals surface area contributed by atoms with Crippen molar-refractivity contribution in [1.82, 2.24) is 5.32 Å². The summed E-state index contributed by atoms with van der Waals surface area (Å²) in [5, 5.41) is 16.8. The predicted molar refractivity (Wildman–Crippen MR) is 81.5 cm³/mol. The van der Waals surface area contributed by atoms with Gasteiger partial charge in [0.1, 0.15) is 5.69 Å². The van der Waals surface area contributed by atoms with Crippen molar-refractivity contribution in [3.63, 3.8) is 0 Å². The molecule has 2 rings (SSSR count). The summed E-state index contributed by atoms with van der Waals surface area (Å²) in [5.41, 5.74) is 0.720. The van der Waals surface area contributed by atoms with Crippen molar-refractivity contribution >= 4 is 17.3 Å². The number of carbonyl (C=O) groups is 1. The van der Waals surface area contributed by atoms with E-state index in [1.807, 2.05) is 0 Å². The van der Waals surface area contributed by atoms with Crippen molar-refractivity contribution in [3.8, 4) is 0 Å². The van der Waals surface area contributed by atoms with Gasteiger partial charge in [-0.1, -0.05) is 19.8 Å². The summed E-state index contributed by atoms with van der Waals surface area (Å²) >= 11 is 0. The summed E-state index contributed by atoms with van der Waals surface area (Å²) < 4.78 is 0. The van der Waals surface area contributed by atoms with Gasteiger partial charge in [0.05, 0.1) is 4.92 Å². The molecule has 21 heavy (non-hydrogen) atoms. The molecule has 0 aromatic heterocycles. The van der Waals surface area contributed by atoms with E-state index in [1.165, 1.54) is 26.0 Å². The van der Waals surface area contributed by atoms with E-state index >= 15 is 0 Å². The fourth-order valence-corrected chi connectivity index (χ4v) is 2.88. The first-order chi connectivity index (χ1) is 10.0. The molecular formula is C15H21N3O3. The van der Waals surface area contributed by atoms with Crippen LogP contribution < -0.4 is 10.6 Å². The first kappa shape index (κ1) is 15.3. The van der Waals surface area contributed by atoms with E-state index < -0.39 is 4.92 Å². The molecule has 2 unspecified atom stereocenters. The Morgan fingerprint density at radius 3 is 2.76 bits per heavy atom. The molecule has 1 amide bonds. The van der Waals surface area contributed by atoms with E-state index in [0.717, 1.165) is 13.0 Å². The van der Waals surface area contributed by atoms with E-state index in [9.17, 15) is 14.9 Å². The maximum absolute atomic E-state index is 11.6. The zero-order chi connectivity index (χ0) is 15.4. The number of hydrogen-bond donors (Lipinski definition) is 2. The molecular weight excluding hydrogens is 270 g/mol. The van der Waals surface area contributed by atoms with Crippen LogP contribution in [-0.2, 0) is 0 Å². The highest BCUT2D eigenvalue weighted by Gasteiger charge is 2.24. The minimum absolute atomic E-state index is 0.0539. The molecule has 6 heteroatoms. The third kappa shape index (κ3) is 3.51. The topological polar surface area (TPSA) is 84.3 Å². The van der Waals surface area contributed by atoms with Crippen LogP contribution in [0.2, 0.25) is 0 Å². The van der Waals surface area contributed by atoms with Gasteiger partial charge in [0.25, 0.3) is 11.6 Å². The summed E-state index contributed by atoms with van der Waals surface area (Å²) in [6, 6.07) is 4.54. The standard InChI is InChI=1S/C15H21N3O3/c1-10-4-3-5-12(10)9-17-13-7-6-11(15(19)16-2)8-14(13)18(20)21/h6-8,10,12,17H,3-5,9H2,1-2H3,(H,16,19). The lowest BCUT2D eigenvalue weighted by molar-refractivity contribution is -0.384. The van der Waals surface area contributed by atoms with E-state index in [1.54, 1.807) is 12.1 Å². The molecule has 0 heterocycles. The summed E-state index contributed by atoms with van der Waals surface area (Å²) in [4.78, 5) is 22.3. The highest BCUT2D eigenvalue weighted by molar-refractivity contribution is 5.95.